The number of alkyl carbamates (subject to hydrolysis) is 1. The maximum absolute atomic E-state index is 11.6. The highest BCUT2D eigenvalue weighted by Gasteiger charge is 2.16. The average molecular weight is 356 g/mol. The Kier molecular flexibility index (Phi) is 7.58. The maximum atomic E-state index is 11.6. The molecular weight excluding hydrogens is 334 g/mol. The molecule has 0 fully saturated rings. The largest absolute Gasteiger partial charge is 0.444 e. The third-order valence-corrected chi connectivity index (χ3v) is 3.57. The van der Waals surface area contributed by atoms with Crippen LogP contribution in [-0.2, 0) is 4.74 Å². The summed E-state index contributed by atoms with van der Waals surface area (Å²) in [5.74, 6) is 0. The number of benzene rings is 1. The van der Waals surface area contributed by atoms with Gasteiger partial charge in [-0.1, -0.05) is 35.5 Å². The molecule has 5 nitrogen and oxygen atoms in total. The summed E-state index contributed by atoms with van der Waals surface area (Å²) < 4.78 is 5.14. The van der Waals surface area contributed by atoms with Crippen LogP contribution in [0.15, 0.2) is 29.3 Å². The second-order valence-corrected chi connectivity index (χ2v) is 7.19. The SMILES string of the molecule is CCN=C(SC(=N)CNC(=O)OC(C)(C)C)c1cccc(Cl)c1. The van der Waals surface area contributed by atoms with E-state index in [0.717, 1.165) is 5.56 Å². The first-order valence-electron chi connectivity index (χ1n) is 7.24. The lowest BCUT2D eigenvalue weighted by Gasteiger charge is -2.19. The monoisotopic (exact) mass is 355 g/mol. The van der Waals surface area contributed by atoms with E-state index in [1.807, 2.05) is 19.1 Å². The van der Waals surface area contributed by atoms with E-state index in [2.05, 4.69) is 10.3 Å². The van der Waals surface area contributed by atoms with E-state index in [4.69, 9.17) is 21.7 Å². The van der Waals surface area contributed by atoms with Crippen molar-refractivity contribution >= 4 is 39.5 Å². The summed E-state index contributed by atoms with van der Waals surface area (Å²) in [6.45, 7) is 7.98. The van der Waals surface area contributed by atoms with Gasteiger partial charge in [0.1, 0.15) is 10.6 Å². The topological polar surface area (TPSA) is 74.5 Å². The van der Waals surface area contributed by atoms with Crippen molar-refractivity contribution in [2.45, 2.75) is 33.3 Å². The molecule has 0 spiro atoms. The Morgan fingerprint density at radius 3 is 2.70 bits per heavy atom. The molecule has 7 heteroatoms. The van der Waals surface area contributed by atoms with Gasteiger partial charge in [0.25, 0.3) is 0 Å². The highest BCUT2D eigenvalue weighted by atomic mass is 35.5. The van der Waals surface area contributed by atoms with E-state index < -0.39 is 11.7 Å². The van der Waals surface area contributed by atoms with Crippen LogP contribution in [0.1, 0.15) is 33.3 Å². The predicted molar refractivity (Wildman–Crippen MR) is 98.1 cm³/mol. The van der Waals surface area contributed by atoms with Gasteiger partial charge in [-0.2, -0.15) is 0 Å². The molecule has 1 aromatic rings. The molecule has 0 aromatic heterocycles. The minimum atomic E-state index is -0.560. The number of aliphatic imine (C=N–C) groups is 1. The standard InChI is InChI=1S/C16H22ClN3O2S/c1-5-19-14(11-7-6-8-12(17)9-11)23-13(18)10-20-15(21)22-16(2,3)4/h6-9,18H,5,10H2,1-4H3,(H,20,21). The summed E-state index contributed by atoms with van der Waals surface area (Å²) in [7, 11) is 0. The smallest absolute Gasteiger partial charge is 0.407 e. The van der Waals surface area contributed by atoms with E-state index in [9.17, 15) is 4.79 Å². The lowest BCUT2D eigenvalue weighted by Crippen LogP contribution is -2.35. The van der Waals surface area contributed by atoms with Crippen molar-refractivity contribution in [2.75, 3.05) is 13.1 Å². The summed E-state index contributed by atoms with van der Waals surface area (Å²) in [4.78, 5) is 16.0. The fourth-order valence-corrected chi connectivity index (χ4v) is 2.57. The zero-order valence-corrected chi connectivity index (χ0v) is 15.3. The molecule has 0 aliphatic heterocycles. The van der Waals surface area contributed by atoms with Crippen LogP contribution in [0.25, 0.3) is 0 Å². The van der Waals surface area contributed by atoms with Gasteiger partial charge in [-0.3, -0.25) is 10.4 Å². The van der Waals surface area contributed by atoms with Gasteiger partial charge in [0, 0.05) is 17.1 Å². The summed E-state index contributed by atoms with van der Waals surface area (Å²) in [6.07, 6.45) is -0.542. The molecule has 0 saturated carbocycles. The van der Waals surface area contributed by atoms with Crippen LogP contribution in [0, 0.1) is 5.41 Å². The maximum Gasteiger partial charge on any atom is 0.407 e. The number of halogens is 1. The molecule has 0 bridgehead atoms. The Labute approximate surface area is 146 Å². The fraction of sp³-hybridized carbons (Fsp3) is 0.438. The van der Waals surface area contributed by atoms with Gasteiger partial charge in [-0.15, -0.1) is 0 Å². The Hall–Kier alpha value is -1.53. The van der Waals surface area contributed by atoms with Crippen molar-refractivity contribution in [2.24, 2.45) is 4.99 Å². The van der Waals surface area contributed by atoms with Gasteiger partial charge in [0.2, 0.25) is 0 Å². The minimum Gasteiger partial charge on any atom is -0.444 e. The number of hydrogen-bond acceptors (Lipinski definition) is 5. The van der Waals surface area contributed by atoms with Crippen LogP contribution in [0.2, 0.25) is 5.02 Å². The molecule has 0 aliphatic carbocycles. The van der Waals surface area contributed by atoms with Crippen LogP contribution in [-0.4, -0.2) is 34.9 Å². The zero-order valence-electron chi connectivity index (χ0n) is 13.8. The lowest BCUT2D eigenvalue weighted by molar-refractivity contribution is 0.0536. The molecule has 126 valence electrons. The summed E-state index contributed by atoms with van der Waals surface area (Å²) in [5.41, 5.74) is 0.293. The van der Waals surface area contributed by atoms with Crippen LogP contribution in [0.3, 0.4) is 0 Å². The van der Waals surface area contributed by atoms with Gasteiger partial charge < -0.3 is 10.1 Å². The number of thioether (sulfide) groups is 1. The van der Waals surface area contributed by atoms with E-state index in [0.29, 0.717) is 16.6 Å². The molecule has 0 aliphatic rings. The molecular formula is C16H22ClN3O2S. The quantitative estimate of drug-likeness (QED) is 0.623. The van der Waals surface area contributed by atoms with Crippen molar-refractivity contribution in [1.82, 2.24) is 5.32 Å². The van der Waals surface area contributed by atoms with Crippen LogP contribution in [0.5, 0.6) is 0 Å². The number of ether oxygens (including phenoxy) is 1. The van der Waals surface area contributed by atoms with Gasteiger partial charge >= 0.3 is 6.09 Å². The van der Waals surface area contributed by atoms with Crippen LogP contribution < -0.4 is 5.32 Å². The second-order valence-electron chi connectivity index (χ2n) is 5.67. The van der Waals surface area contributed by atoms with Crippen molar-refractivity contribution in [3.05, 3.63) is 34.9 Å². The van der Waals surface area contributed by atoms with Crippen molar-refractivity contribution in [3.63, 3.8) is 0 Å². The first-order chi connectivity index (χ1) is 10.7. The molecule has 0 unspecified atom stereocenters. The van der Waals surface area contributed by atoms with Crippen molar-refractivity contribution in [3.8, 4) is 0 Å². The first-order valence-corrected chi connectivity index (χ1v) is 8.43. The van der Waals surface area contributed by atoms with Gasteiger partial charge in [-0.25, -0.2) is 4.79 Å². The summed E-state index contributed by atoms with van der Waals surface area (Å²) >= 11 is 7.19. The molecule has 0 saturated heterocycles. The molecule has 0 radical (unpaired) electrons. The number of nitrogens with one attached hydrogen (secondary N) is 2. The highest BCUT2D eigenvalue weighted by molar-refractivity contribution is 8.27. The fourth-order valence-electron chi connectivity index (χ4n) is 1.57. The van der Waals surface area contributed by atoms with Crippen LogP contribution >= 0.6 is 23.4 Å². The molecule has 2 N–H and O–H groups in total. The molecule has 1 rings (SSSR count). The Balaban J connectivity index is 2.63. The molecule has 0 atom stereocenters. The Morgan fingerprint density at radius 2 is 2.13 bits per heavy atom. The number of nitrogens with zero attached hydrogens (tertiary/aromatic N) is 1. The van der Waals surface area contributed by atoms with E-state index in [1.54, 1.807) is 32.9 Å². The van der Waals surface area contributed by atoms with Crippen molar-refractivity contribution < 1.29 is 9.53 Å². The van der Waals surface area contributed by atoms with Gasteiger partial charge in [0.05, 0.1) is 11.6 Å². The number of carbonyl (C=O) groups is 1. The number of hydrogen-bond donors (Lipinski definition) is 2. The van der Waals surface area contributed by atoms with Crippen molar-refractivity contribution in [1.29, 1.82) is 5.41 Å². The number of rotatable bonds is 4. The first kappa shape index (κ1) is 19.5. The average Bonchev–Trinajstić information content (AvgIpc) is 2.43. The normalized spacial score (nSPS) is 12.0. The molecule has 1 aromatic carbocycles. The summed E-state index contributed by atoms with van der Waals surface area (Å²) in [5, 5.41) is 12.1. The summed E-state index contributed by atoms with van der Waals surface area (Å²) in [6, 6.07) is 7.32. The van der Waals surface area contributed by atoms with E-state index in [1.165, 1.54) is 11.8 Å². The van der Waals surface area contributed by atoms with Crippen LogP contribution in [0.4, 0.5) is 4.79 Å². The minimum absolute atomic E-state index is 0.0862. The predicted octanol–water partition coefficient (Wildman–Crippen LogP) is 4.34. The molecule has 1 amide bonds. The number of carbonyl (C=O) groups excluding carboxylic acids is 1. The lowest BCUT2D eigenvalue weighted by atomic mass is 10.2. The third-order valence-electron chi connectivity index (χ3n) is 2.39. The van der Waals surface area contributed by atoms with Gasteiger partial charge in [-0.05, 0) is 39.8 Å². The van der Waals surface area contributed by atoms with Gasteiger partial charge in [0.15, 0.2) is 0 Å². The third kappa shape index (κ3) is 8.04. The molecule has 23 heavy (non-hydrogen) atoms. The Morgan fingerprint density at radius 1 is 1.43 bits per heavy atom. The second kappa shape index (κ2) is 8.93. The van der Waals surface area contributed by atoms with E-state index >= 15 is 0 Å². The highest BCUT2D eigenvalue weighted by Crippen LogP contribution is 2.18. The Bertz CT molecular complexity index is 597. The number of amides is 1. The van der Waals surface area contributed by atoms with E-state index in [-0.39, 0.29) is 11.6 Å². The molecule has 0 heterocycles. The zero-order chi connectivity index (χ0) is 17.5.